The normalized spacial score (nSPS) is 20.0. The molecule has 0 aliphatic carbocycles. The predicted molar refractivity (Wildman–Crippen MR) is 76.7 cm³/mol. The highest BCUT2D eigenvalue weighted by Crippen LogP contribution is 2.17. The van der Waals surface area contributed by atoms with E-state index in [2.05, 4.69) is 5.32 Å². The van der Waals surface area contributed by atoms with Gasteiger partial charge in [-0.25, -0.2) is 0 Å². The first kappa shape index (κ1) is 14.5. The van der Waals surface area contributed by atoms with E-state index in [0.29, 0.717) is 26.1 Å². The van der Waals surface area contributed by atoms with Gasteiger partial charge in [-0.15, -0.1) is 0 Å². The number of hydrogen-bond donors (Lipinski definition) is 2. The van der Waals surface area contributed by atoms with Crippen LogP contribution in [0, 0.1) is 5.92 Å². The monoisotopic (exact) mass is 275 g/mol. The Balaban J connectivity index is 1.83. The standard InChI is InChI=1S/C15H21N3O2/c1-2-18-10-12(8-14(18)19)15(20)17-9-13(16)11-6-4-3-5-7-11/h3-7,12-13H,2,8-10,16H2,1H3,(H,17,20). The largest absolute Gasteiger partial charge is 0.354 e. The molecule has 0 radical (unpaired) electrons. The summed E-state index contributed by atoms with van der Waals surface area (Å²) in [6.07, 6.45) is 0.306. The Morgan fingerprint density at radius 1 is 1.45 bits per heavy atom. The fourth-order valence-corrected chi connectivity index (χ4v) is 2.43. The molecular formula is C15H21N3O2. The van der Waals surface area contributed by atoms with Gasteiger partial charge in [-0.3, -0.25) is 9.59 Å². The summed E-state index contributed by atoms with van der Waals surface area (Å²) in [7, 11) is 0. The third kappa shape index (κ3) is 3.36. The molecule has 5 nitrogen and oxygen atoms in total. The number of nitrogens with one attached hydrogen (secondary N) is 1. The molecule has 1 aromatic carbocycles. The van der Waals surface area contributed by atoms with E-state index in [9.17, 15) is 9.59 Å². The van der Waals surface area contributed by atoms with Crippen molar-refractivity contribution in [3.05, 3.63) is 35.9 Å². The minimum Gasteiger partial charge on any atom is -0.354 e. The summed E-state index contributed by atoms with van der Waals surface area (Å²) in [5, 5.41) is 2.85. The van der Waals surface area contributed by atoms with Crippen LogP contribution in [0.3, 0.4) is 0 Å². The maximum atomic E-state index is 12.0. The van der Waals surface area contributed by atoms with Crippen LogP contribution < -0.4 is 11.1 Å². The van der Waals surface area contributed by atoms with Gasteiger partial charge in [0.1, 0.15) is 0 Å². The van der Waals surface area contributed by atoms with Gasteiger partial charge in [-0.2, -0.15) is 0 Å². The lowest BCUT2D eigenvalue weighted by molar-refractivity contribution is -0.128. The second kappa shape index (κ2) is 6.52. The number of carbonyl (C=O) groups excluding carboxylic acids is 2. The summed E-state index contributed by atoms with van der Waals surface area (Å²) in [6, 6.07) is 9.43. The molecule has 0 saturated carbocycles. The van der Waals surface area contributed by atoms with Crippen LogP contribution in [0.2, 0.25) is 0 Å². The van der Waals surface area contributed by atoms with Crippen LogP contribution in [0.4, 0.5) is 0 Å². The van der Waals surface area contributed by atoms with E-state index in [1.807, 2.05) is 37.3 Å². The molecule has 20 heavy (non-hydrogen) atoms. The van der Waals surface area contributed by atoms with Gasteiger partial charge in [0.25, 0.3) is 0 Å². The molecule has 1 fully saturated rings. The molecule has 2 unspecified atom stereocenters. The van der Waals surface area contributed by atoms with Gasteiger partial charge in [0.2, 0.25) is 11.8 Å². The molecule has 5 heteroatoms. The van der Waals surface area contributed by atoms with Gasteiger partial charge < -0.3 is 16.0 Å². The second-order valence-electron chi connectivity index (χ2n) is 5.10. The molecule has 1 saturated heterocycles. The van der Waals surface area contributed by atoms with Crippen molar-refractivity contribution in [1.29, 1.82) is 0 Å². The minimum absolute atomic E-state index is 0.0556. The Morgan fingerprint density at radius 2 is 2.15 bits per heavy atom. The smallest absolute Gasteiger partial charge is 0.225 e. The van der Waals surface area contributed by atoms with Crippen LogP contribution >= 0.6 is 0 Å². The predicted octanol–water partition coefficient (Wildman–Crippen LogP) is 0.671. The van der Waals surface area contributed by atoms with E-state index in [-0.39, 0.29) is 23.8 Å². The molecule has 1 aliphatic heterocycles. The zero-order valence-electron chi connectivity index (χ0n) is 11.7. The molecule has 108 valence electrons. The third-order valence-corrected chi connectivity index (χ3v) is 3.69. The maximum Gasteiger partial charge on any atom is 0.225 e. The molecule has 2 atom stereocenters. The Bertz CT molecular complexity index is 475. The second-order valence-corrected chi connectivity index (χ2v) is 5.10. The number of nitrogens with zero attached hydrogens (tertiary/aromatic N) is 1. The zero-order valence-corrected chi connectivity index (χ0v) is 11.7. The number of hydrogen-bond acceptors (Lipinski definition) is 3. The van der Waals surface area contributed by atoms with E-state index in [0.717, 1.165) is 5.56 Å². The highest BCUT2D eigenvalue weighted by molar-refractivity contribution is 5.89. The van der Waals surface area contributed by atoms with Crippen LogP contribution in [0.15, 0.2) is 30.3 Å². The third-order valence-electron chi connectivity index (χ3n) is 3.69. The first-order valence-corrected chi connectivity index (χ1v) is 6.97. The van der Waals surface area contributed by atoms with Crippen molar-refractivity contribution in [2.24, 2.45) is 11.7 Å². The van der Waals surface area contributed by atoms with Crippen molar-refractivity contribution in [2.75, 3.05) is 19.6 Å². The molecule has 0 aromatic heterocycles. The van der Waals surface area contributed by atoms with E-state index in [4.69, 9.17) is 5.73 Å². The number of carbonyl (C=O) groups is 2. The van der Waals surface area contributed by atoms with Crippen molar-refractivity contribution < 1.29 is 9.59 Å². The number of rotatable bonds is 5. The van der Waals surface area contributed by atoms with Gasteiger partial charge in [0, 0.05) is 32.1 Å². The Kier molecular flexibility index (Phi) is 4.74. The Labute approximate surface area is 119 Å². The minimum atomic E-state index is -0.245. The highest BCUT2D eigenvalue weighted by Gasteiger charge is 2.33. The summed E-state index contributed by atoms with van der Waals surface area (Å²) in [4.78, 5) is 25.4. The molecule has 0 spiro atoms. The molecule has 2 amide bonds. The van der Waals surface area contributed by atoms with Crippen molar-refractivity contribution in [3.8, 4) is 0 Å². The quantitative estimate of drug-likeness (QED) is 0.829. The van der Waals surface area contributed by atoms with Crippen LogP contribution in [-0.4, -0.2) is 36.3 Å². The highest BCUT2D eigenvalue weighted by atomic mass is 16.2. The van der Waals surface area contributed by atoms with Gasteiger partial charge in [0.15, 0.2) is 0 Å². The van der Waals surface area contributed by atoms with E-state index in [1.54, 1.807) is 4.90 Å². The summed E-state index contributed by atoms with van der Waals surface area (Å²) in [5.41, 5.74) is 7.02. The first-order chi connectivity index (χ1) is 9.61. The topological polar surface area (TPSA) is 75.4 Å². The van der Waals surface area contributed by atoms with Crippen LogP contribution in [0.5, 0.6) is 0 Å². The number of nitrogens with two attached hydrogens (primary N) is 1. The molecule has 1 aliphatic rings. The molecule has 3 N–H and O–H groups in total. The van der Waals surface area contributed by atoms with E-state index < -0.39 is 0 Å². The lowest BCUT2D eigenvalue weighted by Crippen LogP contribution is -2.37. The van der Waals surface area contributed by atoms with Gasteiger partial charge in [-0.05, 0) is 12.5 Å². The summed E-state index contributed by atoms with van der Waals surface area (Å²) in [6.45, 7) is 3.48. The zero-order chi connectivity index (χ0) is 14.5. The first-order valence-electron chi connectivity index (χ1n) is 6.97. The SMILES string of the molecule is CCN1CC(C(=O)NCC(N)c2ccccc2)CC1=O. The van der Waals surface area contributed by atoms with Crippen molar-refractivity contribution in [2.45, 2.75) is 19.4 Å². The molecule has 2 rings (SSSR count). The number of likely N-dealkylation sites (tertiary alicyclic amines) is 1. The van der Waals surface area contributed by atoms with Crippen LogP contribution in [0.1, 0.15) is 24.9 Å². The Hall–Kier alpha value is -1.88. The fraction of sp³-hybridized carbons (Fsp3) is 0.467. The average Bonchev–Trinajstić information content (AvgIpc) is 2.86. The fourth-order valence-electron chi connectivity index (χ4n) is 2.43. The molecule has 1 aromatic rings. The summed E-state index contributed by atoms with van der Waals surface area (Å²) >= 11 is 0. The van der Waals surface area contributed by atoms with Gasteiger partial charge >= 0.3 is 0 Å². The van der Waals surface area contributed by atoms with Gasteiger partial charge in [0.05, 0.1) is 5.92 Å². The maximum absolute atomic E-state index is 12.0. The molecule has 0 bridgehead atoms. The molecular weight excluding hydrogens is 254 g/mol. The van der Waals surface area contributed by atoms with Crippen molar-refractivity contribution in [1.82, 2.24) is 10.2 Å². The summed E-state index contributed by atoms with van der Waals surface area (Å²) in [5.74, 6) is -0.272. The molecule has 1 heterocycles. The van der Waals surface area contributed by atoms with Crippen LogP contribution in [-0.2, 0) is 9.59 Å². The van der Waals surface area contributed by atoms with Crippen LogP contribution in [0.25, 0.3) is 0 Å². The number of benzene rings is 1. The van der Waals surface area contributed by atoms with E-state index in [1.165, 1.54) is 0 Å². The lowest BCUT2D eigenvalue weighted by atomic mass is 10.1. The summed E-state index contributed by atoms with van der Waals surface area (Å²) < 4.78 is 0. The Morgan fingerprint density at radius 3 is 2.75 bits per heavy atom. The van der Waals surface area contributed by atoms with Crippen molar-refractivity contribution in [3.63, 3.8) is 0 Å². The van der Waals surface area contributed by atoms with E-state index >= 15 is 0 Å². The van der Waals surface area contributed by atoms with Gasteiger partial charge in [-0.1, -0.05) is 30.3 Å². The lowest BCUT2D eigenvalue weighted by Gasteiger charge is -2.16. The van der Waals surface area contributed by atoms with Crippen molar-refractivity contribution >= 4 is 11.8 Å². The number of amides is 2. The average molecular weight is 275 g/mol.